The van der Waals surface area contributed by atoms with E-state index in [1.165, 1.54) is 6.21 Å². The van der Waals surface area contributed by atoms with Gasteiger partial charge in [0.2, 0.25) is 0 Å². The van der Waals surface area contributed by atoms with Crippen LogP contribution in [0, 0.1) is 13.8 Å². The largest absolute Gasteiger partial charge is 0.489 e. The molecule has 0 aromatic heterocycles. The zero-order chi connectivity index (χ0) is 23.1. The monoisotopic (exact) mass is 469 g/mol. The lowest BCUT2D eigenvalue weighted by molar-refractivity contribution is -0.136. The summed E-state index contributed by atoms with van der Waals surface area (Å²) in [6.45, 7) is 4.15. The van der Waals surface area contributed by atoms with Gasteiger partial charge in [-0.2, -0.15) is 5.10 Å². The van der Waals surface area contributed by atoms with Crippen molar-refractivity contribution in [2.75, 3.05) is 5.32 Å². The number of rotatable bonds is 6. The van der Waals surface area contributed by atoms with Gasteiger partial charge in [0, 0.05) is 5.69 Å². The number of amides is 2. The van der Waals surface area contributed by atoms with Gasteiger partial charge in [-0.15, -0.1) is 0 Å². The van der Waals surface area contributed by atoms with Crippen molar-refractivity contribution in [2.45, 2.75) is 20.5 Å². The quantitative estimate of drug-likeness (QED) is 0.292. The Labute approximate surface area is 196 Å². The lowest BCUT2D eigenvalue weighted by Crippen LogP contribution is -2.32. The first kappa shape index (κ1) is 23.3. The van der Waals surface area contributed by atoms with Crippen molar-refractivity contribution < 1.29 is 14.3 Å². The summed E-state index contributed by atoms with van der Waals surface area (Å²) in [5, 5.41) is 7.39. The zero-order valence-electron chi connectivity index (χ0n) is 17.5. The lowest BCUT2D eigenvalue weighted by Gasteiger charge is -2.09. The summed E-state index contributed by atoms with van der Waals surface area (Å²) in [7, 11) is 0. The van der Waals surface area contributed by atoms with Crippen molar-refractivity contribution >= 4 is 46.9 Å². The molecule has 0 unspecified atom stereocenters. The number of aryl methyl sites for hydroxylation is 1. The topological polar surface area (TPSA) is 79.8 Å². The summed E-state index contributed by atoms with van der Waals surface area (Å²) in [4.78, 5) is 24.0. The van der Waals surface area contributed by atoms with E-state index in [-0.39, 0.29) is 0 Å². The molecule has 3 aromatic rings. The molecule has 0 bridgehead atoms. The van der Waals surface area contributed by atoms with Gasteiger partial charge >= 0.3 is 11.8 Å². The predicted molar refractivity (Wildman–Crippen MR) is 128 cm³/mol. The minimum absolute atomic E-state index is 0.343. The molecule has 0 spiro atoms. The molecule has 0 saturated carbocycles. The van der Waals surface area contributed by atoms with Gasteiger partial charge in [0.1, 0.15) is 12.4 Å². The Morgan fingerprint density at radius 1 is 0.969 bits per heavy atom. The maximum atomic E-state index is 12.1. The fraction of sp³-hybridized carbons (Fsp3) is 0.125. The van der Waals surface area contributed by atoms with Crippen LogP contribution in [0.2, 0.25) is 10.0 Å². The standard InChI is InChI=1S/C24H21Cl2N3O3/c1-15-4-3-5-22(16(15)2)28-23(30)24(31)29-27-13-17-6-9-19(10-7-17)32-14-18-8-11-20(25)21(26)12-18/h3-13H,14H2,1-2H3,(H,28,30)(H,29,31)/b27-13-. The highest BCUT2D eigenvalue weighted by Crippen LogP contribution is 2.23. The highest BCUT2D eigenvalue weighted by Gasteiger charge is 2.14. The summed E-state index contributed by atoms with van der Waals surface area (Å²) >= 11 is 11.9. The van der Waals surface area contributed by atoms with Crippen molar-refractivity contribution in [3.63, 3.8) is 0 Å². The number of nitrogens with zero attached hydrogens (tertiary/aromatic N) is 1. The molecule has 2 N–H and O–H groups in total. The van der Waals surface area contributed by atoms with Crippen LogP contribution in [0.1, 0.15) is 22.3 Å². The van der Waals surface area contributed by atoms with E-state index < -0.39 is 11.8 Å². The van der Waals surface area contributed by atoms with Crippen molar-refractivity contribution in [1.82, 2.24) is 5.43 Å². The third-order valence-electron chi connectivity index (χ3n) is 4.71. The molecule has 0 radical (unpaired) electrons. The van der Waals surface area contributed by atoms with E-state index in [0.717, 1.165) is 22.3 Å². The minimum Gasteiger partial charge on any atom is -0.489 e. The van der Waals surface area contributed by atoms with E-state index in [0.29, 0.717) is 28.1 Å². The molecule has 0 aliphatic carbocycles. The van der Waals surface area contributed by atoms with Crippen LogP contribution < -0.4 is 15.5 Å². The number of nitrogens with one attached hydrogen (secondary N) is 2. The molecule has 0 fully saturated rings. The minimum atomic E-state index is -0.858. The average molecular weight is 470 g/mol. The Morgan fingerprint density at radius 2 is 1.72 bits per heavy atom. The van der Waals surface area contributed by atoms with Gasteiger partial charge in [0.15, 0.2) is 0 Å². The fourth-order valence-corrected chi connectivity index (χ4v) is 3.05. The van der Waals surface area contributed by atoms with Gasteiger partial charge in [-0.25, -0.2) is 5.43 Å². The normalized spacial score (nSPS) is 10.8. The molecule has 0 heterocycles. The zero-order valence-corrected chi connectivity index (χ0v) is 19.0. The number of halogens is 2. The number of ether oxygens (including phenoxy) is 1. The predicted octanol–water partition coefficient (Wildman–Crippen LogP) is 5.28. The molecule has 8 heteroatoms. The van der Waals surface area contributed by atoms with Crippen LogP contribution in [0.3, 0.4) is 0 Å². The number of hydrogen-bond acceptors (Lipinski definition) is 4. The number of carbonyl (C=O) groups is 2. The van der Waals surface area contributed by atoms with Gasteiger partial charge in [-0.3, -0.25) is 9.59 Å². The van der Waals surface area contributed by atoms with Crippen LogP contribution in [0.4, 0.5) is 5.69 Å². The lowest BCUT2D eigenvalue weighted by atomic mass is 10.1. The molecule has 0 saturated heterocycles. The summed E-state index contributed by atoms with van der Waals surface area (Å²) in [6, 6.07) is 17.9. The first-order valence-electron chi connectivity index (χ1n) is 9.71. The number of benzene rings is 3. The first-order chi connectivity index (χ1) is 15.3. The van der Waals surface area contributed by atoms with Crippen LogP contribution in [-0.2, 0) is 16.2 Å². The maximum absolute atomic E-state index is 12.1. The summed E-state index contributed by atoms with van der Waals surface area (Å²) in [5.74, 6) is -0.990. The van der Waals surface area contributed by atoms with E-state index >= 15 is 0 Å². The van der Waals surface area contributed by atoms with Gasteiger partial charge in [0.25, 0.3) is 0 Å². The van der Waals surface area contributed by atoms with E-state index in [4.69, 9.17) is 27.9 Å². The maximum Gasteiger partial charge on any atom is 0.329 e. The van der Waals surface area contributed by atoms with E-state index in [1.807, 2.05) is 32.0 Å². The molecule has 6 nitrogen and oxygen atoms in total. The van der Waals surface area contributed by atoms with E-state index in [1.54, 1.807) is 42.5 Å². The van der Waals surface area contributed by atoms with Gasteiger partial charge < -0.3 is 10.1 Å². The Kier molecular flexibility index (Phi) is 7.87. The van der Waals surface area contributed by atoms with Crippen LogP contribution in [0.15, 0.2) is 65.8 Å². The number of anilines is 1. The first-order valence-corrected chi connectivity index (χ1v) is 10.5. The Morgan fingerprint density at radius 3 is 2.44 bits per heavy atom. The van der Waals surface area contributed by atoms with Crippen molar-refractivity contribution in [1.29, 1.82) is 0 Å². The van der Waals surface area contributed by atoms with Crippen molar-refractivity contribution in [3.05, 3.63) is 93.0 Å². The Bertz CT molecular complexity index is 1160. The van der Waals surface area contributed by atoms with Gasteiger partial charge in [0.05, 0.1) is 16.3 Å². The number of hydrazone groups is 1. The number of carbonyl (C=O) groups excluding carboxylic acids is 2. The molecule has 0 atom stereocenters. The van der Waals surface area contributed by atoms with E-state index in [2.05, 4.69) is 15.8 Å². The second-order valence-electron chi connectivity index (χ2n) is 7.01. The van der Waals surface area contributed by atoms with E-state index in [9.17, 15) is 9.59 Å². The third-order valence-corrected chi connectivity index (χ3v) is 5.45. The summed E-state index contributed by atoms with van der Waals surface area (Å²) < 4.78 is 5.72. The van der Waals surface area contributed by atoms with Crippen LogP contribution in [-0.4, -0.2) is 18.0 Å². The molecule has 0 aliphatic heterocycles. The highest BCUT2D eigenvalue weighted by atomic mass is 35.5. The Hall–Kier alpha value is -3.35. The molecule has 0 aliphatic rings. The Balaban J connectivity index is 1.49. The van der Waals surface area contributed by atoms with Crippen LogP contribution in [0.5, 0.6) is 5.75 Å². The SMILES string of the molecule is Cc1cccc(NC(=O)C(=O)N/N=C\c2ccc(OCc3ccc(Cl)c(Cl)c3)cc2)c1C. The third kappa shape index (κ3) is 6.33. The second-order valence-corrected chi connectivity index (χ2v) is 7.82. The molecule has 3 aromatic carbocycles. The molecular weight excluding hydrogens is 449 g/mol. The molecular formula is C24H21Cl2N3O3. The van der Waals surface area contributed by atoms with Gasteiger partial charge in [-0.05, 0) is 78.6 Å². The highest BCUT2D eigenvalue weighted by molar-refractivity contribution is 6.42. The second kappa shape index (κ2) is 10.8. The van der Waals surface area contributed by atoms with Crippen LogP contribution in [0.25, 0.3) is 0 Å². The molecule has 164 valence electrons. The summed E-state index contributed by atoms with van der Waals surface area (Å²) in [6.07, 6.45) is 1.44. The average Bonchev–Trinajstić information content (AvgIpc) is 2.78. The van der Waals surface area contributed by atoms with Crippen molar-refractivity contribution in [2.24, 2.45) is 5.10 Å². The van der Waals surface area contributed by atoms with Crippen LogP contribution >= 0.6 is 23.2 Å². The van der Waals surface area contributed by atoms with Crippen molar-refractivity contribution in [3.8, 4) is 5.75 Å². The molecule has 32 heavy (non-hydrogen) atoms. The smallest absolute Gasteiger partial charge is 0.329 e. The molecule has 2 amide bonds. The number of hydrogen-bond donors (Lipinski definition) is 2. The molecule has 3 rings (SSSR count). The van der Waals surface area contributed by atoms with Gasteiger partial charge in [-0.1, -0.05) is 41.4 Å². The fourth-order valence-electron chi connectivity index (χ4n) is 2.73. The summed E-state index contributed by atoms with van der Waals surface area (Å²) in [5.41, 5.74) is 6.35.